The molecule has 2 rings (SSSR count). The van der Waals surface area contributed by atoms with Gasteiger partial charge in [-0.05, 0) is 24.7 Å². The molecule has 3 nitrogen and oxygen atoms in total. The third kappa shape index (κ3) is 2.82. The van der Waals surface area contributed by atoms with Crippen LogP contribution in [0.5, 0.6) is 0 Å². The van der Waals surface area contributed by atoms with Gasteiger partial charge in [0.05, 0.1) is 5.92 Å². The molecule has 0 bridgehead atoms. The molecule has 2 aliphatic rings. The van der Waals surface area contributed by atoms with E-state index < -0.39 is 5.97 Å². The number of hydrogen-bond acceptors (Lipinski definition) is 2. The summed E-state index contributed by atoms with van der Waals surface area (Å²) in [7, 11) is 0. The van der Waals surface area contributed by atoms with Crippen LogP contribution >= 0.6 is 0 Å². The highest BCUT2D eigenvalue weighted by molar-refractivity contribution is 5.71. The van der Waals surface area contributed by atoms with Gasteiger partial charge in [0.1, 0.15) is 0 Å². The summed E-state index contributed by atoms with van der Waals surface area (Å²) >= 11 is 0. The molecule has 17 heavy (non-hydrogen) atoms. The van der Waals surface area contributed by atoms with Crippen LogP contribution in [0.15, 0.2) is 0 Å². The van der Waals surface area contributed by atoms with Crippen LogP contribution in [0, 0.1) is 17.8 Å². The predicted octanol–water partition coefficient (Wildman–Crippen LogP) is 2.61. The van der Waals surface area contributed by atoms with Crippen LogP contribution < -0.4 is 0 Å². The van der Waals surface area contributed by atoms with E-state index >= 15 is 0 Å². The zero-order valence-corrected chi connectivity index (χ0v) is 11.1. The summed E-state index contributed by atoms with van der Waals surface area (Å²) in [5, 5.41) is 9.35. The average Bonchev–Trinajstić information content (AvgIpc) is 2.40. The van der Waals surface area contributed by atoms with Crippen molar-refractivity contribution in [1.29, 1.82) is 0 Å². The lowest BCUT2D eigenvalue weighted by atomic mass is 9.83. The lowest BCUT2D eigenvalue weighted by Gasteiger charge is -2.47. The first kappa shape index (κ1) is 12.9. The van der Waals surface area contributed by atoms with Gasteiger partial charge in [-0.15, -0.1) is 0 Å². The number of carbonyl (C=O) groups is 1. The molecule has 2 fully saturated rings. The van der Waals surface area contributed by atoms with E-state index in [9.17, 15) is 9.90 Å². The average molecular weight is 239 g/mol. The van der Waals surface area contributed by atoms with Gasteiger partial charge in [-0.3, -0.25) is 9.69 Å². The maximum Gasteiger partial charge on any atom is 0.308 e. The zero-order chi connectivity index (χ0) is 12.4. The molecular weight excluding hydrogens is 214 g/mol. The van der Waals surface area contributed by atoms with E-state index in [4.69, 9.17) is 0 Å². The van der Waals surface area contributed by atoms with Gasteiger partial charge >= 0.3 is 5.97 Å². The molecule has 2 atom stereocenters. The SMILES string of the molecule is CC(C)C1CN(C2CCCCCC2C(=O)O)C1. The summed E-state index contributed by atoms with van der Waals surface area (Å²) in [4.78, 5) is 13.8. The van der Waals surface area contributed by atoms with Crippen LogP contribution in [-0.4, -0.2) is 35.1 Å². The molecule has 0 radical (unpaired) electrons. The summed E-state index contributed by atoms with van der Waals surface area (Å²) in [5.41, 5.74) is 0. The summed E-state index contributed by atoms with van der Waals surface area (Å²) < 4.78 is 0. The molecular formula is C14H25NO2. The summed E-state index contributed by atoms with van der Waals surface area (Å²) in [6.07, 6.45) is 5.47. The van der Waals surface area contributed by atoms with Gasteiger partial charge in [0.15, 0.2) is 0 Å². The van der Waals surface area contributed by atoms with Crippen LogP contribution in [0.3, 0.4) is 0 Å². The molecule has 1 aliphatic heterocycles. The minimum absolute atomic E-state index is 0.120. The van der Waals surface area contributed by atoms with E-state index in [1.807, 2.05) is 0 Å². The summed E-state index contributed by atoms with van der Waals surface area (Å²) in [6, 6.07) is 0.310. The maximum absolute atomic E-state index is 11.4. The van der Waals surface area contributed by atoms with Gasteiger partial charge in [-0.2, -0.15) is 0 Å². The summed E-state index contributed by atoms with van der Waals surface area (Å²) in [6.45, 7) is 6.77. The molecule has 1 saturated heterocycles. The number of carboxylic acids is 1. The van der Waals surface area contributed by atoms with Crippen LogP contribution in [0.25, 0.3) is 0 Å². The van der Waals surface area contributed by atoms with E-state index in [2.05, 4.69) is 18.7 Å². The Bertz CT molecular complexity index is 271. The Morgan fingerprint density at radius 2 is 1.82 bits per heavy atom. The fraction of sp³-hybridized carbons (Fsp3) is 0.929. The monoisotopic (exact) mass is 239 g/mol. The molecule has 1 heterocycles. The van der Waals surface area contributed by atoms with Gasteiger partial charge < -0.3 is 5.11 Å². The number of rotatable bonds is 3. The van der Waals surface area contributed by atoms with Crippen LogP contribution in [0.1, 0.15) is 46.0 Å². The van der Waals surface area contributed by atoms with Crippen molar-refractivity contribution in [3.8, 4) is 0 Å². The number of likely N-dealkylation sites (tertiary alicyclic amines) is 1. The fourth-order valence-electron chi connectivity index (χ4n) is 3.25. The Hall–Kier alpha value is -0.570. The van der Waals surface area contributed by atoms with Gasteiger partial charge in [0.2, 0.25) is 0 Å². The Morgan fingerprint density at radius 1 is 1.18 bits per heavy atom. The highest BCUT2D eigenvalue weighted by Crippen LogP contribution is 2.34. The van der Waals surface area contributed by atoms with Crippen LogP contribution in [-0.2, 0) is 4.79 Å². The van der Waals surface area contributed by atoms with Crippen molar-refractivity contribution >= 4 is 5.97 Å². The Morgan fingerprint density at radius 3 is 2.41 bits per heavy atom. The molecule has 3 heteroatoms. The highest BCUT2D eigenvalue weighted by atomic mass is 16.4. The van der Waals surface area contributed by atoms with Gasteiger partial charge in [-0.1, -0.05) is 33.1 Å². The minimum Gasteiger partial charge on any atom is -0.481 e. The zero-order valence-electron chi connectivity index (χ0n) is 11.1. The smallest absolute Gasteiger partial charge is 0.308 e. The molecule has 0 aromatic rings. The molecule has 1 saturated carbocycles. The molecule has 1 N–H and O–H groups in total. The minimum atomic E-state index is -0.579. The van der Waals surface area contributed by atoms with Crippen LogP contribution in [0.4, 0.5) is 0 Å². The Balaban J connectivity index is 1.95. The first-order valence-electron chi connectivity index (χ1n) is 7.06. The van der Waals surface area contributed by atoms with E-state index in [-0.39, 0.29) is 5.92 Å². The molecule has 1 aliphatic carbocycles. The highest BCUT2D eigenvalue weighted by Gasteiger charge is 2.40. The van der Waals surface area contributed by atoms with E-state index in [0.717, 1.165) is 44.2 Å². The third-order valence-electron chi connectivity index (χ3n) is 4.65. The van der Waals surface area contributed by atoms with Gasteiger partial charge in [0, 0.05) is 19.1 Å². The molecule has 0 aromatic carbocycles. The second-order valence-corrected chi connectivity index (χ2v) is 6.11. The number of carboxylic acid groups (broad SMARTS) is 1. The second kappa shape index (κ2) is 5.38. The molecule has 0 spiro atoms. The summed E-state index contributed by atoms with van der Waals surface area (Å²) in [5.74, 6) is 0.823. The first-order chi connectivity index (χ1) is 8.09. The van der Waals surface area contributed by atoms with Gasteiger partial charge in [0.25, 0.3) is 0 Å². The number of nitrogens with zero attached hydrogens (tertiary/aromatic N) is 1. The fourth-order valence-corrected chi connectivity index (χ4v) is 3.25. The van der Waals surface area contributed by atoms with Crippen molar-refractivity contribution in [1.82, 2.24) is 4.90 Å². The molecule has 0 aromatic heterocycles. The van der Waals surface area contributed by atoms with E-state index in [1.54, 1.807) is 0 Å². The number of hydrogen-bond donors (Lipinski definition) is 1. The van der Waals surface area contributed by atoms with E-state index in [1.165, 1.54) is 12.8 Å². The molecule has 98 valence electrons. The lowest BCUT2D eigenvalue weighted by Crippen LogP contribution is -2.56. The Kier molecular flexibility index (Phi) is 4.08. The Labute approximate surface area is 104 Å². The van der Waals surface area contributed by atoms with Crippen molar-refractivity contribution in [3.63, 3.8) is 0 Å². The lowest BCUT2D eigenvalue weighted by molar-refractivity contribution is -0.146. The second-order valence-electron chi connectivity index (χ2n) is 6.11. The normalized spacial score (nSPS) is 32.2. The number of aliphatic carboxylic acids is 1. The maximum atomic E-state index is 11.4. The third-order valence-corrected chi connectivity index (χ3v) is 4.65. The van der Waals surface area contributed by atoms with Crippen LogP contribution in [0.2, 0.25) is 0 Å². The topological polar surface area (TPSA) is 40.5 Å². The molecule has 2 unspecified atom stereocenters. The predicted molar refractivity (Wildman–Crippen MR) is 67.9 cm³/mol. The van der Waals surface area contributed by atoms with Crippen molar-refractivity contribution in [2.75, 3.05) is 13.1 Å². The van der Waals surface area contributed by atoms with Crippen molar-refractivity contribution in [3.05, 3.63) is 0 Å². The van der Waals surface area contributed by atoms with E-state index in [0.29, 0.717) is 6.04 Å². The van der Waals surface area contributed by atoms with Gasteiger partial charge in [-0.25, -0.2) is 0 Å². The largest absolute Gasteiger partial charge is 0.481 e. The first-order valence-corrected chi connectivity index (χ1v) is 7.06. The standard InChI is InChI=1S/C14H25NO2/c1-10(2)11-8-15(9-11)13-7-5-3-4-6-12(13)14(16)17/h10-13H,3-9H2,1-2H3,(H,16,17). The quantitative estimate of drug-likeness (QED) is 0.770. The van der Waals surface area contributed by atoms with Crippen molar-refractivity contribution in [2.24, 2.45) is 17.8 Å². The van der Waals surface area contributed by atoms with Crippen molar-refractivity contribution < 1.29 is 9.90 Å². The molecule has 0 amide bonds. The van der Waals surface area contributed by atoms with Crippen molar-refractivity contribution in [2.45, 2.75) is 52.0 Å².